The molecule has 0 saturated carbocycles. The third-order valence-electron chi connectivity index (χ3n) is 5.48. The maximum atomic E-state index is 13.8. The Hall–Kier alpha value is -1.01. The van der Waals surface area contributed by atoms with Crippen molar-refractivity contribution in [2.24, 2.45) is 5.92 Å². The van der Waals surface area contributed by atoms with Gasteiger partial charge in [0.1, 0.15) is 5.82 Å². The van der Waals surface area contributed by atoms with Crippen molar-refractivity contribution in [2.75, 3.05) is 45.9 Å². The van der Waals surface area contributed by atoms with Crippen LogP contribution in [0.25, 0.3) is 0 Å². The maximum Gasteiger partial charge on any atom is 0.127 e. The Balaban J connectivity index is 1.43. The van der Waals surface area contributed by atoms with Gasteiger partial charge in [0, 0.05) is 38.3 Å². The standard InChI is InChI=1S/C20H31FN2O2/c21-20-6-2-1-4-18(20)15-22-9-7-17(8-10-22)14-23(11-12-24)16-19-5-3-13-25-19/h1-2,4,6,17,19,24H,3,5,7-16H2. The Morgan fingerprint density at radius 2 is 1.96 bits per heavy atom. The van der Waals surface area contributed by atoms with Gasteiger partial charge in [-0.15, -0.1) is 0 Å². The van der Waals surface area contributed by atoms with E-state index in [1.54, 1.807) is 12.1 Å². The van der Waals surface area contributed by atoms with Gasteiger partial charge in [-0.3, -0.25) is 9.80 Å². The molecule has 0 amide bonds. The van der Waals surface area contributed by atoms with Crippen LogP contribution < -0.4 is 0 Å². The summed E-state index contributed by atoms with van der Waals surface area (Å²) in [7, 11) is 0. The van der Waals surface area contributed by atoms with Crippen molar-refractivity contribution in [3.8, 4) is 0 Å². The van der Waals surface area contributed by atoms with Crippen LogP contribution in [0.3, 0.4) is 0 Å². The molecule has 2 aliphatic heterocycles. The molecule has 1 aromatic carbocycles. The van der Waals surface area contributed by atoms with Crippen LogP contribution in [0.1, 0.15) is 31.2 Å². The van der Waals surface area contributed by atoms with Gasteiger partial charge in [0.05, 0.1) is 12.7 Å². The second-order valence-electron chi connectivity index (χ2n) is 7.43. The average Bonchev–Trinajstić information content (AvgIpc) is 3.12. The molecule has 0 aromatic heterocycles. The fraction of sp³-hybridized carbons (Fsp3) is 0.700. The number of rotatable bonds is 8. The first-order chi connectivity index (χ1) is 12.2. The SMILES string of the molecule is OCCN(CC1CCN(Cc2ccccc2F)CC1)CC1CCCO1. The van der Waals surface area contributed by atoms with Gasteiger partial charge >= 0.3 is 0 Å². The zero-order valence-electron chi connectivity index (χ0n) is 15.1. The Bertz CT molecular complexity index is 514. The Labute approximate surface area is 150 Å². The lowest BCUT2D eigenvalue weighted by Crippen LogP contribution is -2.41. The van der Waals surface area contributed by atoms with Crippen molar-refractivity contribution in [3.05, 3.63) is 35.6 Å². The summed E-state index contributed by atoms with van der Waals surface area (Å²) in [6.07, 6.45) is 4.92. The van der Waals surface area contributed by atoms with Crippen molar-refractivity contribution in [1.29, 1.82) is 0 Å². The molecule has 1 aromatic rings. The lowest BCUT2D eigenvalue weighted by Gasteiger charge is -2.35. The largest absolute Gasteiger partial charge is 0.395 e. The highest BCUT2D eigenvalue weighted by atomic mass is 19.1. The first-order valence-corrected chi connectivity index (χ1v) is 9.65. The number of piperidine rings is 1. The molecule has 0 aliphatic carbocycles. The fourth-order valence-corrected chi connectivity index (χ4v) is 4.03. The van der Waals surface area contributed by atoms with Crippen molar-refractivity contribution in [2.45, 2.75) is 38.3 Å². The molecule has 25 heavy (non-hydrogen) atoms. The minimum atomic E-state index is -0.102. The predicted molar refractivity (Wildman–Crippen MR) is 96.9 cm³/mol. The second kappa shape index (κ2) is 9.62. The summed E-state index contributed by atoms with van der Waals surface area (Å²) < 4.78 is 19.5. The highest BCUT2D eigenvalue weighted by molar-refractivity contribution is 5.17. The van der Waals surface area contributed by atoms with E-state index in [1.165, 1.54) is 0 Å². The summed E-state index contributed by atoms with van der Waals surface area (Å²) in [4.78, 5) is 4.72. The van der Waals surface area contributed by atoms with Crippen molar-refractivity contribution in [3.63, 3.8) is 0 Å². The van der Waals surface area contributed by atoms with Gasteiger partial charge in [-0.2, -0.15) is 0 Å². The molecule has 2 fully saturated rings. The molecular formula is C20H31FN2O2. The van der Waals surface area contributed by atoms with Crippen molar-refractivity contribution >= 4 is 0 Å². The summed E-state index contributed by atoms with van der Waals surface area (Å²) in [5, 5.41) is 9.35. The molecule has 2 aliphatic rings. The molecule has 1 N–H and O–H groups in total. The molecule has 2 heterocycles. The number of ether oxygens (including phenoxy) is 1. The summed E-state index contributed by atoms with van der Waals surface area (Å²) >= 11 is 0. The fourth-order valence-electron chi connectivity index (χ4n) is 4.03. The third-order valence-corrected chi connectivity index (χ3v) is 5.48. The van der Waals surface area contributed by atoms with E-state index in [2.05, 4.69) is 9.80 Å². The van der Waals surface area contributed by atoms with E-state index >= 15 is 0 Å². The minimum absolute atomic E-state index is 0.102. The maximum absolute atomic E-state index is 13.8. The number of hydrogen-bond acceptors (Lipinski definition) is 4. The van der Waals surface area contributed by atoms with Gasteiger partial charge in [-0.1, -0.05) is 18.2 Å². The van der Waals surface area contributed by atoms with Gasteiger partial charge in [0.25, 0.3) is 0 Å². The van der Waals surface area contributed by atoms with E-state index in [1.807, 2.05) is 12.1 Å². The minimum Gasteiger partial charge on any atom is -0.395 e. The summed E-state index contributed by atoms with van der Waals surface area (Å²) in [5.74, 6) is 0.556. The lowest BCUT2D eigenvalue weighted by atomic mass is 9.95. The second-order valence-corrected chi connectivity index (χ2v) is 7.43. The Morgan fingerprint density at radius 3 is 2.64 bits per heavy atom. The monoisotopic (exact) mass is 350 g/mol. The lowest BCUT2D eigenvalue weighted by molar-refractivity contribution is 0.0530. The van der Waals surface area contributed by atoms with Crippen molar-refractivity contribution in [1.82, 2.24) is 9.80 Å². The molecular weight excluding hydrogens is 319 g/mol. The molecule has 2 saturated heterocycles. The number of aliphatic hydroxyl groups is 1. The van der Waals surface area contributed by atoms with Crippen LogP contribution in [0, 0.1) is 11.7 Å². The molecule has 3 rings (SSSR count). The van der Waals surface area contributed by atoms with Gasteiger partial charge in [0.15, 0.2) is 0 Å². The topological polar surface area (TPSA) is 35.9 Å². The summed E-state index contributed by atoms with van der Waals surface area (Å²) in [6, 6.07) is 7.07. The number of likely N-dealkylation sites (tertiary alicyclic amines) is 1. The molecule has 1 atom stereocenters. The molecule has 1 unspecified atom stereocenters. The van der Waals surface area contributed by atoms with Gasteiger partial charge in [-0.05, 0) is 50.8 Å². The number of halogens is 1. The summed E-state index contributed by atoms with van der Waals surface area (Å²) in [5.41, 5.74) is 0.793. The number of aliphatic hydroxyl groups excluding tert-OH is 1. The zero-order chi connectivity index (χ0) is 17.5. The molecule has 0 spiro atoms. The van der Waals surface area contributed by atoms with Gasteiger partial charge in [-0.25, -0.2) is 4.39 Å². The van der Waals surface area contributed by atoms with Crippen molar-refractivity contribution < 1.29 is 14.2 Å². The van der Waals surface area contributed by atoms with E-state index in [9.17, 15) is 9.50 Å². The first-order valence-electron chi connectivity index (χ1n) is 9.65. The molecule has 4 nitrogen and oxygen atoms in total. The zero-order valence-corrected chi connectivity index (χ0v) is 15.1. The predicted octanol–water partition coefficient (Wildman–Crippen LogP) is 2.51. The van der Waals surface area contributed by atoms with Crippen LogP contribution in [0.15, 0.2) is 24.3 Å². The van der Waals surface area contributed by atoms with Gasteiger partial charge in [0.2, 0.25) is 0 Å². The number of hydrogen-bond donors (Lipinski definition) is 1. The van der Waals surface area contributed by atoms with E-state index in [4.69, 9.17) is 4.74 Å². The molecule has 0 radical (unpaired) electrons. The van der Waals surface area contributed by atoms with Crippen LogP contribution in [-0.2, 0) is 11.3 Å². The first kappa shape index (κ1) is 18.8. The number of nitrogens with zero attached hydrogens (tertiary/aromatic N) is 2. The van der Waals surface area contributed by atoms with Crippen LogP contribution in [-0.4, -0.2) is 66.9 Å². The van der Waals surface area contributed by atoms with Gasteiger partial charge < -0.3 is 9.84 Å². The Morgan fingerprint density at radius 1 is 1.16 bits per heavy atom. The van der Waals surface area contributed by atoms with E-state index in [0.717, 1.165) is 70.6 Å². The van der Waals surface area contributed by atoms with Crippen LogP contribution in [0.5, 0.6) is 0 Å². The molecule has 140 valence electrons. The van der Waals surface area contributed by atoms with E-state index in [-0.39, 0.29) is 12.4 Å². The molecule has 0 bridgehead atoms. The van der Waals surface area contributed by atoms with Crippen LogP contribution in [0.2, 0.25) is 0 Å². The molecule has 5 heteroatoms. The highest BCUT2D eigenvalue weighted by Gasteiger charge is 2.24. The summed E-state index contributed by atoms with van der Waals surface area (Å²) in [6.45, 7) is 6.54. The van der Waals surface area contributed by atoms with Crippen LogP contribution >= 0.6 is 0 Å². The average molecular weight is 350 g/mol. The number of benzene rings is 1. The quantitative estimate of drug-likeness (QED) is 0.782. The highest BCUT2D eigenvalue weighted by Crippen LogP contribution is 2.22. The Kier molecular flexibility index (Phi) is 7.23. The van der Waals surface area contributed by atoms with Crippen LogP contribution in [0.4, 0.5) is 4.39 Å². The van der Waals surface area contributed by atoms with E-state index in [0.29, 0.717) is 18.6 Å². The van der Waals surface area contributed by atoms with E-state index < -0.39 is 0 Å². The normalized spacial score (nSPS) is 22.8. The third kappa shape index (κ3) is 5.74. The smallest absolute Gasteiger partial charge is 0.127 e.